The Bertz CT molecular complexity index is 199. The molecule has 0 bridgehead atoms. The van der Waals surface area contributed by atoms with E-state index in [9.17, 15) is 4.79 Å². The molecular formula is C10H20N2O3. The van der Waals surface area contributed by atoms with Crippen LogP contribution < -0.4 is 5.32 Å². The van der Waals surface area contributed by atoms with Crippen molar-refractivity contribution in [2.45, 2.75) is 19.5 Å². The summed E-state index contributed by atoms with van der Waals surface area (Å²) in [5.41, 5.74) is 0. The first-order chi connectivity index (χ1) is 7.29. The Kier molecular flexibility index (Phi) is 5.60. The minimum absolute atomic E-state index is 0.164. The third kappa shape index (κ3) is 3.77. The number of rotatable bonds is 7. The Balaban J connectivity index is 2.15. The van der Waals surface area contributed by atoms with Crippen molar-refractivity contribution >= 4 is 5.91 Å². The molecule has 1 heterocycles. The van der Waals surface area contributed by atoms with E-state index in [4.69, 9.17) is 9.47 Å². The number of amides is 1. The Morgan fingerprint density at radius 1 is 1.47 bits per heavy atom. The molecule has 1 fully saturated rings. The van der Waals surface area contributed by atoms with Crippen LogP contribution in [0.3, 0.4) is 0 Å². The van der Waals surface area contributed by atoms with Gasteiger partial charge in [-0.15, -0.1) is 0 Å². The van der Waals surface area contributed by atoms with Gasteiger partial charge in [0.25, 0.3) is 0 Å². The topological polar surface area (TPSA) is 50.8 Å². The summed E-state index contributed by atoms with van der Waals surface area (Å²) in [7, 11) is 1.64. The molecule has 1 aliphatic heterocycles. The molecule has 5 heteroatoms. The zero-order valence-electron chi connectivity index (χ0n) is 9.49. The SMILES string of the molecule is CCC1NCC(=O)N1CCOCCOC. The molecule has 1 saturated heterocycles. The van der Waals surface area contributed by atoms with E-state index in [1.54, 1.807) is 7.11 Å². The lowest BCUT2D eigenvalue weighted by molar-refractivity contribution is -0.128. The van der Waals surface area contributed by atoms with Gasteiger partial charge in [-0.2, -0.15) is 0 Å². The first-order valence-corrected chi connectivity index (χ1v) is 5.39. The van der Waals surface area contributed by atoms with Gasteiger partial charge in [0.1, 0.15) is 0 Å². The highest BCUT2D eigenvalue weighted by molar-refractivity contribution is 5.80. The van der Waals surface area contributed by atoms with Gasteiger partial charge < -0.3 is 14.4 Å². The molecule has 1 amide bonds. The fraction of sp³-hybridized carbons (Fsp3) is 0.900. The Morgan fingerprint density at radius 3 is 2.93 bits per heavy atom. The van der Waals surface area contributed by atoms with Gasteiger partial charge in [-0.05, 0) is 6.42 Å². The van der Waals surface area contributed by atoms with Gasteiger partial charge in [0, 0.05) is 13.7 Å². The molecular weight excluding hydrogens is 196 g/mol. The van der Waals surface area contributed by atoms with E-state index in [1.165, 1.54) is 0 Å². The van der Waals surface area contributed by atoms with Crippen LogP contribution in [0.1, 0.15) is 13.3 Å². The molecule has 88 valence electrons. The van der Waals surface area contributed by atoms with Crippen LogP contribution in [0, 0.1) is 0 Å². The zero-order chi connectivity index (χ0) is 11.1. The lowest BCUT2D eigenvalue weighted by atomic mass is 10.3. The Morgan fingerprint density at radius 2 is 2.27 bits per heavy atom. The van der Waals surface area contributed by atoms with Crippen LogP contribution in [-0.4, -0.2) is 57.0 Å². The van der Waals surface area contributed by atoms with Crippen molar-refractivity contribution in [3.63, 3.8) is 0 Å². The summed E-state index contributed by atoms with van der Waals surface area (Å²) in [6, 6.07) is 0. The third-order valence-corrected chi connectivity index (χ3v) is 2.48. The quantitative estimate of drug-likeness (QED) is 0.600. The predicted octanol–water partition coefficient (Wildman–Crippen LogP) is -0.183. The van der Waals surface area contributed by atoms with Crippen LogP contribution in [0.2, 0.25) is 0 Å². The van der Waals surface area contributed by atoms with Gasteiger partial charge in [-0.25, -0.2) is 0 Å². The van der Waals surface area contributed by atoms with E-state index in [-0.39, 0.29) is 12.1 Å². The zero-order valence-corrected chi connectivity index (χ0v) is 9.49. The van der Waals surface area contributed by atoms with Gasteiger partial charge in [0.15, 0.2) is 0 Å². The Labute approximate surface area is 90.7 Å². The number of carbonyl (C=O) groups is 1. The first-order valence-electron chi connectivity index (χ1n) is 5.39. The van der Waals surface area contributed by atoms with Crippen LogP contribution >= 0.6 is 0 Å². The standard InChI is InChI=1S/C10H20N2O3/c1-3-9-11-8-10(13)12(9)4-5-15-7-6-14-2/h9,11H,3-8H2,1-2H3. The van der Waals surface area contributed by atoms with Crippen LogP contribution in [0.4, 0.5) is 0 Å². The van der Waals surface area contributed by atoms with Crippen molar-refractivity contribution in [3.05, 3.63) is 0 Å². The summed E-state index contributed by atoms with van der Waals surface area (Å²) >= 11 is 0. The van der Waals surface area contributed by atoms with E-state index < -0.39 is 0 Å². The van der Waals surface area contributed by atoms with Crippen molar-refractivity contribution in [2.24, 2.45) is 0 Å². The number of ether oxygens (including phenoxy) is 2. The molecule has 0 aromatic heterocycles. The number of carbonyl (C=O) groups excluding carboxylic acids is 1. The molecule has 0 radical (unpaired) electrons. The van der Waals surface area contributed by atoms with Gasteiger partial charge in [0.2, 0.25) is 5.91 Å². The molecule has 1 unspecified atom stereocenters. The van der Waals surface area contributed by atoms with Gasteiger partial charge in [-0.3, -0.25) is 10.1 Å². The monoisotopic (exact) mass is 216 g/mol. The minimum atomic E-state index is 0.164. The third-order valence-electron chi connectivity index (χ3n) is 2.48. The van der Waals surface area contributed by atoms with Crippen LogP contribution in [-0.2, 0) is 14.3 Å². The molecule has 1 aliphatic rings. The van der Waals surface area contributed by atoms with Crippen LogP contribution in [0.25, 0.3) is 0 Å². The van der Waals surface area contributed by atoms with Crippen molar-refractivity contribution in [1.29, 1.82) is 0 Å². The molecule has 0 aromatic rings. The Hall–Kier alpha value is -0.650. The molecule has 1 rings (SSSR count). The number of methoxy groups -OCH3 is 1. The van der Waals surface area contributed by atoms with Crippen LogP contribution in [0.15, 0.2) is 0 Å². The molecule has 0 aromatic carbocycles. The molecule has 15 heavy (non-hydrogen) atoms. The fourth-order valence-corrected chi connectivity index (χ4v) is 1.64. The molecule has 0 saturated carbocycles. The highest BCUT2D eigenvalue weighted by Crippen LogP contribution is 2.07. The van der Waals surface area contributed by atoms with E-state index in [2.05, 4.69) is 12.2 Å². The summed E-state index contributed by atoms with van der Waals surface area (Å²) in [6.45, 7) is 4.94. The fourth-order valence-electron chi connectivity index (χ4n) is 1.64. The average Bonchev–Trinajstić information content (AvgIpc) is 2.60. The predicted molar refractivity (Wildman–Crippen MR) is 56.5 cm³/mol. The highest BCUT2D eigenvalue weighted by Gasteiger charge is 2.28. The van der Waals surface area contributed by atoms with Crippen molar-refractivity contribution in [3.8, 4) is 0 Å². The summed E-state index contributed by atoms with van der Waals surface area (Å²) in [6.07, 6.45) is 1.12. The molecule has 0 spiro atoms. The number of nitrogens with one attached hydrogen (secondary N) is 1. The van der Waals surface area contributed by atoms with Crippen LogP contribution in [0.5, 0.6) is 0 Å². The summed E-state index contributed by atoms with van der Waals surface area (Å²) < 4.78 is 10.2. The smallest absolute Gasteiger partial charge is 0.237 e. The maximum Gasteiger partial charge on any atom is 0.237 e. The molecule has 1 N–H and O–H groups in total. The second-order valence-corrected chi connectivity index (χ2v) is 3.50. The second kappa shape index (κ2) is 6.76. The molecule has 1 atom stereocenters. The first kappa shape index (κ1) is 12.4. The lowest BCUT2D eigenvalue weighted by Gasteiger charge is -2.22. The van der Waals surface area contributed by atoms with E-state index >= 15 is 0 Å². The summed E-state index contributed by atoms with van der Waals surface area (Å²) in [5, 5.41) is 3.15. The van der Waals surface area contributed by atoms with E-state index in [0.29, 0.717) is 32.9 Å². The number of nitrogens with zero attached hydrogens (tertiary/aromatic N) is 1. The molecule has 5 nitrogen and oxygen atoms in total. The van der Waals surface area contributed by atoms with E-state index in [1.807, 2.05) is 4.90 Å². The van der Waals surface area contributed by atoms with Gasteiger partial charge in [0.05, 0.1) is 32.5 Å². The van der Waals surface area contributed by atoms with Gasteiger partial charge in [-0.1, -0.05) is 6.92 Å². The van der Waals surface area contributed by atoms with Gasteiger partial charge >= 0.3 is 0 Å². The normalized spacial score (nSPS) is 21.3. The molecule has 0 aliphatic carbocycles. The summed E-state index contributed by atoms with van der Waals surface area (Å²) in [5.74, 6) is 0.164. The van der Waals surface area contributed by atoms with E-state index in [0.717, 1.165) is 6.42 Å². The second-order valence-electron chi connectivity index (χ2n) is 3.50. The highest BCUT2D eigenvalue weighted by atomic mass is 16.5. The minimum Gasteiger partial charge on any atom is -0.382 e. The van der Waals surface area contributed by atoms with Crippen molar-refractivity contribution in [2.75, 3.05) is 40.0 Å². The number of hydrogen-bond donors (Lipinski definition) is 1. The lowest BCUT2D eigenvalue weighted by Crippen LogP contribution is -2.39. The maximum absolute atomic E-state index is 11.4. The maximum atomic E-state index is 11.4. The van der Waals surface area contributed by atoms with Crippen molar-refractivity contribution < 1.29 is 14.3 Å². The largest absolute Gasteiger partial charge is 0.382 e. The number of hydrogen-bond acceptors (Lipinski definition) is 4. The van der Waals surface area contributed by atoms with Crippen molar-refractivity contribution in [1.82, 2.24) is 10.2 Å². The summed E-state index contributed by atoms with van der Waals surface area (Å²) in [4.78, 5) is 13.3. The average molecular weight is 216 g/mol.